The van der Waals surface area contributed by atoms with Crippen LogP contribution in [-0.2, 0) is 17.8 Å². The van der Waals surface area contributed by atoms with Gasteiger partial charge in [0.05, 0.1) is 5.75 Å². The number of aromatic nitrogens is 3. The van der Waals surface area contributed by atoms with Crippen LogP contribution in [-0.4, -0.2) is 26.4 Å². The SMILES string of the molecule is Cc1cccc(C)c1NC(=O)CSc1nnc2n1CCCCC2. The van der Waals surface area contributed by atoms with Gasteiger partial charge in [-0.05, 0) is 37.8 Å². The number of anilines is 1. The average molecular weight is 330 g/mol. The van der Waals surface area contributed by atoms with Crippen molar-refractivity contribution in [2.45, 2.75) is 51.2 Å². The summed E-state index contributed by atoms with van der Waals surface area (Å²) in [6.07, 6.45) is 4.56. The summed E-state index contributed by atoms with van der Waals surface area (Å²) in [6, 6.07) is 6.02. The van der Waals surface area contributed by atoms with Gasteiger partial charge in [-0.3, -0.25) is 4.79 Å². The minimum absolute atomic E-state index is 0.00151. The smallest absolute Gasteiger partial charge is 0.234 e. The summed E-state index contributed by atoms with van der Waals surface area (Å²) in [5, 5.41) is 12.4. The highest BCUT2D eigenvalue weighted by Gasteiger charge is 2.16. The van der Waals surface area contributed by atoms with Crippen LogP contribution >= 0.6 is 11.8 Å². The van der Waals surface area contributed by atoms with E-state index in [2.05, 4.69) is 20.1 Å². The molecule has 0 spiro atoms. The molecule has 6 heteroatoms. The summed E-state index contributed by atoms with van der Waals surface area (Å²) < 4.78 is 2.17. The Morgan fingerprint density at radius 3 is 2.78 bits per heavy atom. The minimum Gasteiger partial charge on any atom is -0.325 e. The van der Waals surface area contributed by atoms with Crippen molar-refractivity contribution in [1.29, 1.82) is 0 Å². The zero-order valence-electron chi connectivity index (χ0n) is 13.6. The summed E-state index contributed by atoms with van der Waals surface area (Å²) in [7, 11) is 0. The fraction of sp³-hybridized carbons (Fsp3) is 0.471. The van der Waals surface area contributed by atoms with E-state index in [-0.39, 0.29) is 5.91 Å². The molecule has 23 heavy (non-hydrogen) atoms. The van der Waals surface area contributed by atoms with Crippen molar-refractivity contribution >= 4 is 23.4 Å². The molecule has 1 aliphatic heterocycles. The van der Waals surface area contributed by atoms with Crippen LogP contribution in [0.5, 0.6) is 0 Å². The molecule has 1 aliphatic rings. The normalized spacial score (nSPS) is 14.2. The zero-order valence-corrected chi connectivity index (χ0v) is 14.4. The summed E-state index contributed by atoms with van der Waals surface area (Å²) in [5.74, 6) is 1.41. The van der Waals surface area contributed by atoms with E-state index in [9.17, 15) is 4.79 Å². The van der Waals surface area contributed by atoms with Crippen molar-refractivity contribution < 1.29 is 4.79 Å². The number of aryl methyl sites for hydroxylation is 3. The van der Waals surface area contributed by atoms with Gasteiger partial charge in [0.2, 0.25) is 5.91 Å². The predicted molar refractivity (Wildman–Crippen MR) is 92.8 cm³/mol. The molecule has 1 aromatic heterocycles. The van der Waals surface area contributed by atoms with Gasteiger partial charge in [0.1, 0.15) is 5.82 Å². The Balaban J connectivity index is 1.63. The number of rotatable bonds is 4. The van der Waals surface area contributed by atoms with Gasteiger partial charge >= 0.3 is 0 Å². The number of benzene rings is 1. The van der Waals surface area contributed by atoms with Crippen LogP contribution in [0.15, 0.2) is 23.4 Å². The van der Waals surface area contributed by atoms with E-state index in [1.807, 2.05) is 32.0 Å². The van der Waals surface area contributed by atoms with Crippen molar-refractivity contribution in [3.05, 3.63) is 35.2 Å². The molecule has 1 amide bonds. The lowest BCUT2D eigenvalue weighted by atomic mass is 10.1. The van der Waals surface area contributed by atoms with Gasteiger partial charge in [-0.1, -0.05) is 36.4 Å². The molecule has 2 aromatic rings. The largest absolute Gasteiger partial charge is 0.325 e. The monoisotopic (exact) mass is 330 g/mol. The molecule has 0 radical (unpaired) electrons. The second kappa shape index (κ2) is 7.17. The van der Waals surface area contributed by atoms with E-state index in [1.165, 1.54) is 24.6 Å². The zero-order chi connectivity index (χ0) is 16.2. The maximum Gasteiger partial charge on any atom is 0.234 e. The van der Waals surface area contributed by atoms with Gasteiger partial charge in [-0.2, -0.15) is 0 Å². The van der Waals surface area contributed by atoms with Gasteiger partial charge in [0.15, 0.2) is 5.16 Å². The van der Waals surface area contributed by atoms with Crippen LogP contribution in [0.25, 0.3) is 0 Å². The van der Waals surface area contributed by atoms with Crippen LogP contribution in [0.1, 0.15) is 36.2 Å². The standard InChI is InChI=1S/C17H22N4OS/c1-12-7-6-8-13(2)16(12)18-15(22)11-23-17-20-19-14-9-4-3-5-10-21(14)17/h6-8H,3-5,9-11H2,1-2H3,(H,18,22). The van der Waals surface area contributed by atoms with Crippen molar-refractivity contribution in [3.63, 3.8) is 0 Å². The molecule has 0 atom stereocenters. The highest BCUT2D eigenvalue weighted by atomic mass is 32.2. The maximum absolute atomic E-state index is 12.3. The number of carbonyl (C=O) groups is 1. The molecule has 0 saturated heterocycles. The average Bonchev–Trinajstić information content (AvgIpc) is 2.76. The molecule has 2 heterocycles. The first-order valence-electron chi connectivity index (χ1n) is 8.06. The van der Waals surface area contributed by atoms with Crippen LogP contribution in [0.4, 0.5) is 5.69 Å². The van der Waals surface area contributed by atoms with Crippen molar-refractivity contribution in [2.24, 2.45) is 0 Å². The van der Waals surface area contributed by atoms with Crippen molar-refractivity contribution in [3.8, 4) is 0 Å². The number of nitrogens with one attached hydrogen (secondary N) is 1. The molecular weight excluding hydrogens is 308 g/mol. The summed E-state index contributed by atoms with van der Waals surface area (Å²) in [4.78, 5) is 12.3. The van der Waals surface area contributed by atoms with E-state index < -0.39 is 0 Å². The van der Waals surface area contributed by atoms with Gasteiger partial charge in [0, 0.05) is 18.7 Å². The highest BCUT2D eigenvalue weighted by molar-refractivity contribution is 7.99. The first-order chi connectivity index (χ1) is 11.1. The van der Waals surface area contributed by atoms with E-state index in [1.54, 1.807) is 0 Å². The Morgan fingerprint density at radius 1 is 1.22 bits per heavy atom. The van der Waals surface area contributed by atoms with Crippen LogP contribution in [0, 0.1) is 13.8 Å². The third-order valence-electron chi connectivity index (χ3n) is 4.15. The fourth-order valence-electron chi connectivity index (χ4n) is 2.88. The van der Waals surface area contributed by atoms with Crippen LogP contribution in [0.2, 0.25) is 0 Å². The Bertz CT molecular complexity index is 690. The number of fused-ring (bicyclic) bond motifs is 1. The quantitative estimate of drug-likeness (QED) is 0.873. The number of hydrogen-bond donors (Lipinski definition) is 1. The number of hydrogen-bond acceptors (Lipinski definition) is 4. The first-order valence-corrected chi connectivity index (χ1v) is 9.04. The molecule has 0 saturated carbocycles. The maximum atomic E-state index is 12.3. The molecule has 122 valence electrons. The number of para-hydroxylation sites is 1. The second-order valence-electron chi connectivity index (χ2n) is 5.96. The topological polar surface area (TPSA) is 59.8 Å². The van der Waals surface area contributed by atoms with Gasteiger partial charge in [-0.15, -0.1) is 10.2 Å². The summed E-state index contributed by atoms with van der Waals surface area (Å²) in [5.41, 5.74) is 3.08. The molecule has 1 N–H and O–H groups in total. The molecule has 0 fully saturated rings. The van der Waals surface area contributed by atoms with Crippen LogP contribution in [0.3, 0.4) is 0 Å². The van der Waals surface area contributed by atoms with Gasteiger partial charge in [-0.25, -0.2) is 0 Å². The Morgan fingerprint density at radius 2 is 2.00 bits per heavy atom. The minimum atomic E-state index is -0.00151. The Labute approximate surface area is 140 Å². The van der Waals surface area contributed by atoms with E-state index in [4.69, 9.17) is 0 Å². The van der Waals surface area contributed by atoms with Crippen molar-refractivity contribution in [2.75, 3.05) is 11.1 Å². The summed E-state index contributed by atoms with van der Waals surface area (Å²) >= 11 is 1.47. The predicted octanol–water partition coefficient (Wildman–Crippen LogP) is 3.35. The lowest BCUT2D eigenvalue weighted by molar-refractivity contribution is -0.113. The molecule has 0 unspecified atom stereocenters. The number of carbonyl (C=O) groups excluding carboxylic acids is 1. The molecule has 3 rings (SSSR count). The molecular formula is C17H22N4OS. The molecule has 5 nitrogen and oxygen atoms in total. The molecule has 0 aliphatic carbocycles. The van der Waals surface area contributed by atoms with E-state index in [0.717, 1.165) is 47.2 Å². The first kappa shape index (κ1) is 16.1. The number of amides is 1. The number of thioether (sulfide) groups is 1. The Hall–Kier alpha value is -1.82. The Kier molecular flexibility index (Phi) is 5.00. The number of nitrogens with zero attached hydrogens (tertiary/aromatic N) is 3. The second-order valence-corrected chi connectivity index (χ2v) is 6.91. The molecule has 1 aromatic carbocycles. The fourth-order valence-corrected chi connectivity index (χ4v) is 3.67. The lowest BCUT2D eigenvalue weighted by Crippen LogP contribution is -2.16. The van der Waals surface area contributed by atoms with Gasteiger partial charge in [0.25, 0.3) is 0 Å². The van der Waals surface area contributed by atoms with Gasteiger partial charge < -0.3 is 9.88 Å². The molecule has 0 bridgehead atoms. The van der Waals surface area contributed by atoms with Crippen LogP contribution < -0.4 is 5.32 Å². The third kappa shape index (κ3) is 3.75. The third-order valence-corrected chi connectivity index (χ3v) is 5.12. The summed E-state index contributed by atoms with van der Waals surface area (Å²) in [6.45, 7) is 4.98. The van der Waals surface area contributed by atoms with E-state index >= 15 is 0 Å². The lowest BCUT2D eigenvalue weighted by Gasteiger charge is -2.11. The van der Waals surface area contributed by atoms with E-state index in [0.29, 0.717) is 5.75 Å². The van der Waals surface area contributed by atoms with Crippen molar-refractivity contribution in [1.82, 2.24) is 14.8 Å². The highest BCUT2D eigenvalue weighted by Crippen LogP contribution is 2.23.